The van der Waals surface area contributed by atoms with Gasteiger partial charge in [-0.25, -0.2) is 19.1 Å². The van der Waals surface area contributed by atoms with E-state index in [0.29, 0.717) is 24.3 Å². The monoisotopic (exact) mass is 493 g/mol. The number of hydrogen-bond acceptors (Lipinski definition) is 5. The molecule has 3 aromatic heterocycles. The number of carbonyl (C=O) groups is 1. The summed E-state index contributed by atoms with van der Waals surface area (Å²) in [5.41, 5.74) is 21.5. The van der Waals surface area contributed by atoms with E-state index >= 15 is 0 Å². The Kier molecular flexibility index (Phi) is 8.82. The number of aliphatic imine (C=N–C) groups is 1. The minimum absolute atomic E-state index is 0.0946. The number of benzene rings is 1. The van der Waals surface area contributed by atoms with Crippen LogP contribution < -0.4 is 27.1 Å². The van der Waals surface area contributed by atoms with Crippen molar-refractivity contribution in [3.05, 3.63) is 47.5 Å². The van der Waals surface area contributed by atoms with Gasteiger partial charge in [0, 0.05) is 12.7 Å². The molecule has 0 saturated carbocycles. The minimum Gasteiger partial charge on any atom is -0.382 e. The van der Waals surface area contributed by atoms with E-state index in [9.17, 15) is 4.79 Å². The Morgan fingerprint density at radius 2 is 1.97 bits per heavy atom. The van der Waals surface area contributed by atoms with Crippen molar-refractivity contribution in [2.45, 2.75) is 60.2 Å². The molecule has 0 aliphatic carbocycles. The maximum absolute atomic E-state index is 12.9. The van der Waals surface area contributed by atoms with E-state index in [-0.39, 0.29) is 23.4 Å². The maximum Gasteiger partial charge on any atom is 0.277 e. The Labute approximate surface area is 210 Å². The average Bonchev–Trinajstić information content (AvgIpc) is 3.46. The Balaban J connectivity index is 0.00000176. The summed E-state index contributed by atoms with van der Waals surface area (Å²) in [5.74, 6) is 0.855. The van der Waals surface area contributed by atoms with Crippen LogP contribution in [0.2, 0.25) is 0 Å². The van der Waals surface area contributed by atoms with Gasteiger partial charge in [0.25, 0.3) is 11.7 Å². The zero-order chi connectivity index (χ0) is 26.2. The first kappa shape index (κ1) is 26.5. The fourth-order valence-electron chi connectivity index (χ4n) is 4.27. The Bertz CT molecular complexity index is 1360. The summed E-state index contributed by atoms with van der Waals surface area (Å²) in [6.07, 6.45) is 3.45. The van der Waals surface area contributed by atoms with Crippen LogP contribution in [0.1, 0.15) is 56.0 Å². The van der Waals surface area contributed by atoms with E-state index < -0.39 is 0 Å². The predicted octanol–water partition coefficient (Wildman–Crippen LogP) is 1.98. The minimum atomic E-state index is -0.357. The highest BCUT2D eigenvalue weighted by Crippen LogP contribution is 2.19. The molecule has 8 N–H and O–H groups in total. The lowest BCUT2D eigenvalue weighted by molar-refractivity contribution is -0.676. The highest BCUT2D eigenvalue weighted by atomic mass is 16.1. The first-order valence-corrected chi connectivity index (χ1v) is 12.4. The molecule has 36 heavy (non-hydrogen) atoms. The molecule has 0 aliphatic rings. The van der Waals surface area contributed by atoms with Gasteiger partial charge in [0.1, 0.15) is 12.1 Å². The number of nitrogen functional groups attached to an aromatic ring is 1. The van der Waals surface area contributed by atoms with Crippen molar-refractivity contribution in [3.8, 4) is 0 Å². The lowest BCUT2D eigenvalue weighted by Crippen LogP contribution is -2.40. The van der Waals surface area contributed by atoms with Gasteiger partial charge in [-0.2, -0.15) is 0 Å². The van der Waals surface area contributed by atoms with E-state index in [2.05, 4.69) is 66.4 Å². The molecule has 11 heteroatoms. The summed E-state index contributed by atoms with van der Waals surface area (Å²) in [4.78, 5) is 28.5. The van der Waals surface area contributed by atoms with Crippen LogP contribution in [0.5, 0.6) is 0 Å². The molecule has 192 valence electrons. The van der Waals surface area contributed by atoms with Gasteiger partial charge in [-0.3, -0.25) is 9.79 Å². The summed E-state index contributed by atoms with van der Waals surface area (Å²) in [6.45, 7) is 10.7. The smallest absolute Gasteiger partial charge is 0.277 e. The summed E-state index contributed by atoms with van der Waals surface area (Å²) < 4.78 is 4.44. The first-order chi connectivity index (χ1) is 17.4. The van der Waals surface area contributed by atoms with Crippen molar-refractivity contribution >= 4 is 39.9 Å². The highest BCUT2D eigenvalue weighted by Gasteiger charge is 2.25. The Morgan fingerprint density at radius 1 is 1.19 bits per heavy atom. The number of rotatable bonds is 9. The van der Waals surface area contributed by atoms with E-state index in [0.717, 1.165) is 42.8 Å². The van der Waals surface area contributed by atoms with E-state index in [1.54, 1.807) is 12.3 Å². The van der Waals surface area contributed by atoms with Gasteiger partial charge in [-0.15, -0.1) is 0 Å². The van der Waals surface area contributed by atoms with Gasteiger partial charge in [0.2, 0.25) is 0 Å². The fourth-order valence-corrected chi connectivity index (χ4v) is 4.27. The molecule has 0 aliphatic heterocycles. The van der Waals surface area contributed by atoms with Crippen LogP contribution in [0, 0.1) is 0 Å². The van der Waals surface area contributed by atoms with Crippen molar-refractivity contribution in [2.24, 2.45) is 16.5 Å². The molecule has 4 rings (SSSR count). The number of nitrogens with two attached hydrogens (primary N) is 3. The molecule has 3 heterocycles. The summed E-state index contributed by atoms with van der Waals surface area (Å²) in [5, 5.41) is 2.98. The summed E-state index contributed by atoms with van der Waals surface area (Å²) in [6, 6.07) is 8.23. The molecule has 0 fully saturated rings. The normalized spacial score (nSPS) is 10.8. The predicted molar refractivity (Wildman–Crippen MR) is 143 cm³/mol. The number of amides is 1. The van der Waals surface area contributed by atoms with Crippen LogP contribution in [0.3, 0.4) is 0 Å². The van der Waals surface area contributed by atoms with Gasteiger partial charge < -0.3 is 27.5 Å². The molecular formula is C25H37N10O+. The quantitative estimate of drug-likeness (QED) is 0.103. The number of guanidine groups is 1. The van der Waals surface area contributed by atoms with Crippen molar-refractivity contribution in [1.82, 2.24) is 24.8 Å². The van der Waals surface area contributed by atoms with Crippen LogP contribution in [0.15, 0.2) is 35.5 Å². The van der Waals surface area contributed by atoms with E-state index in [4.69, 9.17) is 17.2 Å². The van der Waals surface area contributed by atoms with Gasteiger partial charge in [-0.05, 0) is 50.5 Å². The number of aromatic amines is 1. The molecular weight excluding hydrogens is 456 g/mol. The molecule has 0 spiro atoms. The van der Waals surface area contributed by atoms with Gasteiger partial charge >= 0.3 is 0 Å². The van der Waals surface area contributed by atoms with Crippen LogP contribution in [0.4, 0.5) is 5.82 Å². The van der Waals surface area contributed by atoms with Crippen LogP contribution in [-0.4, -0.2) is 37.9 Å². The molecule has 11 nitrogen and oxygen atoms in total. The van der Waals surface area contributed by atoms with Crippen molar-refractivity contribution in [3.63, 3.8) is 0 Å². The molecule has 0 atom stereocenters. The lowest BCUT2D eigenvalue weighted by atomic mass is 10.1. The number of hydrogen-bond donors (Lipinski definition) is 5. The van der Waals surface area contributed by atoms with Crippen LogP contribution in [0.25, 0.3) is 22.2 Å². The van der Waals surface area contributed by atoms with Crippen LogP contribution in [-0.2, 0) is 26.1 Å². The fraction of sp³-hybridized carbons (Fsp3) is 0.400. The molecule has 1 aromatic carbocycles. The van der Waals surface area contributed by atoms with Crippen molar-refractivity contribution < 1.29 is 9.36 Å². The number of anilines is 1. The van der Waals surface area contributed by atoms with Gasteiger partial charge in [0.05, 0.1) is 13.1 Å². The third-order valence-electron chi connectivity index (χ3n) is 5.83. The number of aromatic nitrogens is 5. The van der Waals surface area contributed by atoms with Crippen LogP contribution >= 0.6 is 0 Å². The number of imidazole rings is 1. The largest absolute Gasteiger partial charge is 0.382 e. The van der Waals surface area contributed by atoms with Crippen molar-refractivity contribution in [2.75, 3.05) is 12.3 Å². The molecule has 0 saturated heterocycles. The number of aryl methyl sites for hydroxylation is 3. The maximum atomic E-state index is 12.9. The third kappa shape index (κ3) is 5.56. The summed E-state index contributed by atoms with van der Waals surface area (Å²) >= 11 is 0. The number of nitrogens with zero attached hydrogens (tertiary/aromatic N) is 5. The molecule has 4 aromatic rings. The number of nitrogens with one attached hydrogen (secondary N) is 2. The average molecular weight is 494 g/mol. The third-order valence-corrected chi connectivity index (χ3v) is 5.83. The Morgan fingerprint density at radius 3 is 2.67 bits per heavy atom. The Hall–Kier alpha value is -4.15. The van der Waals surface area contributed by atoms with Crippen molar-refractivity contribution in [1.29, 1.82) is 0 Å². The molecule has 0 radical (unpaired) electrons. The molecule has 1 amide bonds. The highest BCUT2D eigenvalue weighted by molar-refractivity contribution is 5.98. The second-order valence-electron chi connectivity index (χ2n) is 7.99. The zero-order valence-electron chi connectivity index (χ0n) is 21.5. The zero-order valence-corrected chi connectivity index (χ0v) is 21.5. The van der Waals surface area contributed by atoms with Gasteiger partial charge in [-0.1, -0.05) is 19.9 Å². The van der Waals surface area contributed by atoms with E-state index in [1.165, 1.54) is 5.56 Å². The SMILES string of the molecule is CC.CCn1c(CNC(=O)c2nc3cc[nH]c3nc2N)[n+](CC)c2ccc(CCCN=C(N)N)cc21. The number of carbonyl (C=O) groups excluding carboxylic acids is 1. The topological polar surface area (TPSA) is 170 Å². The molecule has 0 bridgehead atoms. The summed E-state index contributed by atoms with van der Waals surface area (Å²) in [7, 11) is 0. The number of fused-ring (bicyclic) bond motifs is 2. The first-order valence-electron chi connectivity index (χ1n) is 12.4. The standard InChI is InChI=1S/C23H30N10O.C2H6/c1-3-32-16-8-7-14(6-5-10-28-23(25)26)12-17(16)33(4-2)18(32)13-29-22(34)19-20(24)31-21-15(30-19)9-11-27-21;1-2/h7-9,11-12H,3-6,10,13H2,1-2H3,(H7-,24,25,26,27,28,29,30,31,34);1-2H3/p+1. The second-order valence-corrected chi connectivity index (χ2v) is 7.99. The van der Waals surface area contributed by atoms with Gasteiger partial charge in [0.15, 0.2) is 34.2 Å². The molecule has 0 unspecified atom stereocenters. The second kappa shape index (κ2) is 12.0. The number of H-pyrrole nitrogens is 1. The van der Waals surface area contributed by atoms with E-state index in [1.807, 2.05) is 13.8 Å². The lowest BCUT2D eigenvalue weighted by Gasteiger charge is -2.07.